The van der Waals surface area contributed by atoms with Crippen LogP contribution in [0, 0.1) is 6.92 Å². The molecular formula is C16H20N6O4S2. The van der Waals surface area contributed by atoms with E-state index in [1.165, 1.54) is 34.9 Å². The molecule has 0 bridgehead atoms. The molecular weight excluding hydrogens is 404 g/mol. The molecule has 2 rings (SSSR count). The molecule has 28 heavy (non-hydrogen) atoms. The smallest absolute Gasteiger partial charge is 0.358 e. The Hall–Kier alpha value is -2.73. The first-order valence-electron chi connectivity index (χ1n) is 8.14. The molecule has 10 nitrogen and oxygen atoms in total. The van der Waals surface area contributed by atoms with Gasteiger partial charge in [0, 0.05) is 25.6 Å². The van der Waals surface area contributed by atoms with Gasteiger partial charge in [-0.3, -0.25) is 14.3 Å². The van der Waals surface area contributed by atoms with E-state index in [2.05, 4.69) is 32.5 Å². The van der Waals surface area contributed by atoms with Crippen LogP contribution < -0.4 is 10.6 Å². The maximum atomic E-state index is 12.2. The number of anilines is 2. The highest BCUT2D eigenvalue weighted by Crippen LogP contribution is 2.25. The van der Waals surface area contributed by atoms with Gasteiger partial charge in [-0.05, 0) is 6.92 Å². The van der Waals surface area contributed by atoms with Crippen LogP contribution in [0.4, 0.5) is 10.8 Å². The number of hydrogen-bond donors (Lipinski definition) is 2. The van der Waals surface area contributed by atoms with Gasteiger partial charge in [0.15, 0.2) is 10.0 Å². The van der Waals surface area contributed by atoms with Crippen LogP contribution in [-0.2, 0) is 21.4 Å². The second-order valence-corrected chi connectivity index (χ2v) is 7.74. The number of carbonyl (C=O) groups excluding carboxylic acids is 3. The monoisotopic (exact) mass is 424 g/mol. The van der Waals surface area contributed by atoms with E-state index in [1.807, 2.05) is 0 Å². The van der Waals surface area contributed by atoms with Gasteiger partial charge < -0.3 is 15.4 Å². The fourth-order valence-electron chi connectivity index (χ4n) is 2.20. The van der Waals surface area contributed by atoms with Gasteiger partial charge in [-0.2, -0.15) is 5.10 Å². The lowest BCUT2D eigenvalue weighted by Gasteiger charge is -2.07. The third-order valence-corrected chi connectivity index (χ3v) is 5.39. The maximum Gasteiger partial charge on any atom is 0.358 e. The summed E-state index contributed by atoms with van der Waals surface area (Å²) in [6, 6.07) is 0. The lowest BCUT2D eigenvalue weighted by atomic mass is 10.2. The summed E-state index contributed by atoms with van der Waals surface area (Å²) >= 11 is 2.71. The normalized spacial score (nSPS) is 10.4. The Morgan fingerprint density at radius 2 is 1.93 bits per heavy atom. The molecule has 0 fully saturated rings. The lowest BCUT2D eigenvalue weighted by molar-refractivity contribution is -0.121. The second-order valence-electron chi connectivity index (χ2n) is 5.49. The number of hydrogen-bond acceptors (Lipinski definition) is 9. The summed E-state index contributed by atoms with van der Waals surface area (Å²) < 4.78 is 6.76. The quantitative estimate of drug-likeness (QED) is 0.271. The molecule has 2 heterocycles. The molecule has 2 N–H and O–H groups in total. The number of amides is 2. The van der Waals surface area contributed by atoms with E-state index in [9.17, 15) is 14.4 Å². The van der Waals surface area contributed by atoms with Crippen LogP contribution in [0.3, 0.4) is 0 Å². The molecule has 0 atom stereocenters. The maximum absolute atomic E-state index is 12.2. The minimum Gasteiger partial charge on any atom is -0.464 e. The molecule has 2 aromatic heterocycles. The van der Waals surface area contributed by atoms with Gasteiger partial charge in [0.2, 0.25) is 16.9 Å². The topological polar surface area (TPSA) is 128 Å². The van der Waals surface area contributed by atoms with E-state index >= 15 is 0 Å². The number of nitrogens with zero attached hydrogens (tertiary/aromatic N) is 4. The Bertz CT molecular complexity index is 892. The van der Waals surface area contributed by atoms with Crippen LogP contribution in [0.15, 0.2) is 17.0 Å². The first-order valence-corrected chi connectivity index (χ1v) is 9.94. The van der Waals surface area contributed by atoms with Gasteiger partial charge in [-0.15, -0.1) is 16.8 Å². The number of carbonyl (C=O) groups is 3. The average molecular weight is 425 g/mol. The highest BCUT2D eigenvalue weighted by Gasteiger charge is 2.22. The van der Waals surface area contributed by atoms with E-state index in [4.69, 9.17) is 4.74 Å². The number of rotatable bonds is 9. The molecule has 0 spiro atoms. The predicted octanol–water partition coefficient (Wildman–Crippen LogP) is 2.00. The molecule has 0 unspecified atom stereocenters. The largest absolute Gasteiger partial charge is 0.464 e. The number of ether oxygens (including phenoxy) is 1. The van der Waals surface area contributed by atoms with Crippen LogP contribution in [0.5, 0.6) is 0 Å². The molecule has 0 aliphatic carbocycles. The van der Waals surface area contributed by atoms with Crippen molar-refractivity contribution in [3.8, 4) is 0 Å². The summed E-state index contributed by atoms with van der Waals surface area (Å²) in [5.74, 6) is -0.694. The van der Waals surface area contributed by atoms with Crippen LogP contribution in [-0.4, -0.2) is 50.6 Å². The van der Waals surface area contributed by atoms with E-state index in [1.54, 1.807) is 20.0 Å². The minimum atomic E-state index is -0.613. The van der Waals surface area contributed by atoms with Crippen LogP contribution >= 0.6 is 23.1 Å². The zero-order chi connectivity index (χ0) is 20.7. The fourth-order valence-corrected chi connectivity index (χ4v) is 3.73. The second kappa shape index (κ2) is 9.99. The van der Waals surface area contributed by atoms with Gasteiger partial charge in [0.1, 0.15) is 0 Å². The molecule has 0 aliphatic rings. The van der Waals surface area contributed by atoms with Crippen LogP contribution in [0.1, 0.15) is 29.0 Å². The third kappa shape index (κ3) is 5.63. The molecule has 2 amide bonds. The Morgan fingerprint density at radius 1 is 1.25 bits per heavy atom. The number of nitrogens with one attached hydrogen (secondary N) is 2. The van der Waals surface area contributed by atoms with Gasteiger partial charge >= 0.3 is 5.97 Å². The van der Waals surface area contributed by atoms with E-state index in [0.717, 1.165) is 4.34 Å². The van der Waals surface area contributed by atoms with Crippen molar-refractivity contribution in [3.05, 3.63) is 24.0 Å². The molecule has 0 radical (unpaired) electrons. The lowest BCUT2D eigenvalue weighted by Crippen LogP contribution is -2.19. The van der Waals surface area contributed by atoms with Gasteiger partial charge in [0.25, 0.3) is 0 Å². The molecule has 0 aromatic carbocycles. The first kappa shape index (κ1) is 21.6. The Kier molecular flexibility index (Phi) is 7.70. The summed E-state index contributed by atoms with van der Waals surface area (Å²) in [7, 11) is 2.82. The Balaban J connectivity index is 1.89. The Morgan fingerprint density at radius 3 is 2.57 bits per heavy atom. The van der Waals surface area contributed by atoms with Gasteiger partial charge in [0.05, 0.1) is 18.5 Å². The van der Waals surface area contributed by atoms with E-state index in [-0.39, 0.29) is 30.1 Å². The number of esters is 1. The molecule has 2 aromatic rings. The zero-order valence-corrected chi connectivity index (χ0v) is 17.3. The number of aryl methyl sites for hydroxylation is 2. The fraction of sp³-hybridized carbons (Fsp3) is 0.375. The molecule has 0 saturated heterocycles. The third-order valence-electron chi connectivity index (χ3n) is 3.42. The molecule has 0 saturated carbocycles. The number of thioether (sulfide) groups is 1. The zero-order valence-electron chi connectivity index (χ0n) is 15.6. The van der Waals surface area contributed by atoms with Crippen molar-refractivity contribution >= 4 is 51.7 Å². The highest BCUT2D eigenvalue weighted by molar-refractivity contribution is 8.01. The summed E-state index contributed by atoms with van der Waals surface area (Å²) in [6.45, 7) is 5.28. The number of aromatic nitrogens is 4. The first-order chi connectivity index (χ1) is 13.3. The van der Waals surface area contributed by atoms with Crippen LogP contribution in [0.25, 0.3) is 0 Å². The predicted molar refractivity (Wildman–Crippen MR) is 107 cm³/mol. The van der Waals surface area contributed by atoms with E-state index in [0.29, 0.717) is 16.6 Å². The summed E-state index contributed by atoms with van der Waals surface area (Å²) in [5.41, 5.74) is 0.878. The highest BCUT2D eigenvalue weighted by atomic mass is 32.2. The average Bonchev–Trinajstić information content (AvgIpc) is 3.21. The molecule has 150 valence electrons. The van der Waals surface area contributed by atoms with Crippen molar-refractivity contribution in [1.82, 2.24) is 20.0 Å². The molecule has 0 aliphatic heterocycles. The van der Waals surface area contributed by atoms with E-state index < -0.39 is 11.9 Å². The van der Waals surface area contributed by atoms with Crippen molar-refractivity contribution in [3.63, 3.8) is 0 Å². The Labute approximate surface area is 169 Å². The van der Waals surface area contributed by atoms with Crippen molar-refractivity contribution in [2.24, 2.45) is 7.05 Å². The summed E-state index contributed by atoms with van der Waals surface area (Å²) in [5, 5.41) is 17.5. The van der Waals surface area contributed by atoms with Crippen LogP contribution in [0.2, 0.25) is 0 Å². The van der Waals surface area contributed by atoms with Gasteiger partial charge in [-0.25, -0.2) is 4.79 Å². The summed E-state index contributed by atoms with van der Waals surface area (Å²) in [4.78, 5) is 36.1. The SMILES string of the molecule is C=CCSc1nnc(NC(=O)CCC(=O)Nc2c(C)nn(C)c2C(=O)OC)s1. The standard InChI is InChI=1S/C16H20N6O4S2/c1-5-8-27-16-20-19-15(28-16)18-11(24)7-6-10(23)17-12-9(2)21-22(3)13(12)14(25)26-4/h5H,1,6-8H2,2-4H3,(H,17,23)(H,18,19,24). The van der Waals surface area contributed by atoms with Crippen molar-refractivity contribution in [1.29, 1.82) is 0 Å². The van der Waals surface area contributed by atoms with Crippen molar-refractivity contribution in [2.45, 2.75) is 24.1 Å². The number of methoxy groups -OCH3 is 1. The molecule has 12 heteroatoms. The van der Waals surface area contributed by atoms with Crippen molar-refractivity contribution < 1.29 is 19.1 Å². The van der Waals surface area contributed by atoms with Gasteiger partial charge in [-0.1, -0.05) is 29.2 Å². The summed E-state index contributed by atoms with van der Waals surface area (Å²) in [6.07, 6.45) is 1.63. The van der Waals surface area contributed by atoms with Crippen molar-refractivity contribution in [2.75, 3.05) is 23.5 Å². The minimum absolute atomic E-state index is 0.0482.